The highest BCUT2D eigenvalue weighted by Gasteiger charge is 1.99. The Morgan fingerprint density at radius 2 is 2.14 bits per heavy atom. The van der Waals surface area contributed by atoms with Crippen LogP contribution in [-0.4, -0.2) is 19.8 Å². The second-order valence-electron chi connectivity index (χ2n) is 3.55. The lowest BCUT2D eigenvalue weighted by atomic mass is 10.1. The van der Waals surface area contributed by atoms with Gasteiger partial charge in [-0.3, -0.25) is 0 Å². The molecule has 0 aliphatic carbocycles. The Bertz CT molecular complexity index is 271. The van der Waals surface area contributed by atoms with Gasteiger partial charge in [-0.25, -0.2) is 0 Å². The maximum absolute atomic E-state index is 5.50. The summed E-state index contributed by atoms with van der Waals surface area (Å²) in [4.78, 5) is 0. The highest BCUT2D eigenvalue weighted by Crippen LogP contribution is 2.05. The quantitative estimate of drug-likeness (QED) is 0.717. The number of rotatable bonds is 5. The van der Waals surface area contributed by atoms with Crippen molar-refractivity contribution in [2.75, 3.05) is 13.7 Å². The van der Waals surface area contributed by atoms with Gasteiger partial charge in [-0.05, 0) is 19.4 Å². The van der Waals surface area contributed by atoms with Crippen molar-refractivity contribution >= 4 is 0 Å². The SMILES string of the molecule is COC(C)COCc1cccc(C)c1. The third-order valence-corrected chi connectivity index (χ3v) is 2.11. The molecule has 78 valence electrons. The van der Waals surface area contributed by atoms with E-state index in [2.05, 4.69) is 25.1 Å². The van der Waals surface area contributed by atoms with E-state index >= 15 is 0 Å². The summed E-state index contributed by atoms with van der Waals surface area (Å²) in [5.41, 5.74) is 2.49. The van der Waals surface area contributed by atoms with Crippen LogP contribution in [0.1, 0.15) is 18.1 Å². The predicted molar refractivity (Wildman–Crippen MR) is 57.3 cm³/mol. The van der Waals surface area contributed by atoms with Crippen LogP contribution in [0.5, 0.6) is 0 Å². The molecule has 1 atom stereocenters. The van der Waals surface area contributed by atoms with Gasteiger partial charge < -0.3 is 9.47 Å². The van der Waals surface area contributed by atoms with Gasteiger partial charge in [0.05, 0.1) is 19.3 Å². The van der Waals surface area contributed by atoms with Gasteiger partial charge in [0.25, 0.3) is 0 Å². The summed E-state index contributed by atoms with van der Waals surface area (Å²) in [6, 6.07) is 8.34. The van der Waals surface area contributed by atoms with Crippen molar-refractivity contribution in [3.05, 3.63) is 35.4 Å². The normalized spacial score (nSPS) is 12.8. The van der Waals surface area contributed by atoms with Crippen LogP contribution < -0.4 is 0 Å². The molecule has 1 unspecified atom stereocenters. The molecular weight excluding hydrogens is 176 g/mol. The number of hydrogen-bond donors (Lipinski definition) is 0. The minimum Gasteiger partial charge on any atom is -0.379 e. The van der Waals surface area contributed by atoms with Gasteiger partial charge in [-0.1, -0.05) is 29.8 Å². The molecule has 0 fully saturated rings. The fourth-order valence-electron chi connectivity index (χ4n) is 1.21. The third-order valence-electron chi connectivity index (χ3n) is 2.11. The third kappa shape index (κ3) is 3.90. The molecule has 14 heavy (non-hydrogen) atoms. The van der Waals surface area contributed by atoms with Gasteiger partial charge >= 0.3 is 0 Å². The number of aryl methyl sites for hydroxylation is 1. The maximum Gasteiger partial charge on any atom is 0.0776 e. The first-order valence-corrected chi connectivity index (χ1v) is 4.88. The first-order chi connectivity index (χ1) is 6.72. The van der Waals surface area contributed by atoms with Crippen molar-refractivity contribution in [1.29, 1.82) is 0 Å². The number of ether oxygens (including phenoxy) is 2. The van der Waals surface area contributed by atoms with Crippen molar-refractivity contribution in [1.82, 2.24) is 0 Å². The van der Waals surface area contributed by atoms with Crippen molar-refractivity contribution in [3.8, 4) is 0 Å². The van der Waals surface area contributed by atoms with Crippen molar-refractivity contribution in [2.24, 2.45) is 0 Å². The molecule has 1 aromatic carbocycles. The second kappa shape index (κ2) is 5.78. The summed E-state index contributed by atoms with van der Waals surface area (Å²) in [5, 5.41) is 0. The van der Waals surface area contributed by atoms with E-state index < -0.39 is 0 Å². The topological polar surface area (TPSA) is 18.5 Å². The first kappa shape index (κ1) is 11.2. The molecule has 0 aliphatic rings. The van der Waals surface area contributed by atoms with Gasteiger partial charge in [-0.15, -0.1) is 0 Å². The zero-order chi connectivity index (χ0) is 10.4. The second-order valence-corrected chi connectivity index (χ2v) is 3.55. The molecule has 2 heteroatoms. The zero-order valence-corrected chi connectivity index (χ0v) is 9.12. The largest absolute Gasteiger partial charge is 0.379 e. The fourth-order valence-corrected chi connectivity index (χ4v) is 1.21. The summed E-state index contributed by atoms with van der Waals surface area (Å²) < 4.78 is 10.6. The van der Waals surface area contributed by atoms with Crippen molar-refractivity contribution < 1.29 is 9.47 Å². The molecule has 0 amide bonds. The van der Waals surface area contributed by atoms with E-state index in [9.17, 15) is 0 Å². The molecule has 0 radical (unpaired) electrons. The highest BCUT2D eigenvalue weighted by atomic mass is 16.5. The summed E-state index contributed by atoms with van der Waals surface area (Å²) in [6.45, 7) is 5.39. The predicted octanol–water partition coefficient (Wildman–Crippen LogP) is 2.55. The standard InChI is InChI=1S/C12H18O2/c1-10-5-4-6-12(7-10)9-14-8-11(2)13-3/h4-7,11H,8-9H2,1-3H3. The lowest BCUT2D eigenvalue weighted by Gasteiger charge is -2.10. The van der Waals surface area contributed by atoms with E-state index in [1.54, 1.807) is 7.11 Å². The maximum atomic E-state index is 5.50. The van der Waals surface area contributed by atoms with Crippen LogP contribution in [0.15, 0.2) is 24.3 Å². The molecule has 1 aromatic rings. The van der Waals surface area contributed by atoms with Crippen molar-refractivity contribution in [3.63, 3.8) is 0 Å². The van der Waals surface area contributed by atoms with Crippen LogP contribution in [0.3, 0.4) is 0 Å². The zero-order valence-electron chi connectivity index (χ0n) is 9.12. The monoisotopic (exact) mass is 194 g/mol. The van der Waals surface area contributed by atoms with Gasteiger partial charge in [0.15, 0.2) is 0 Å². The molecule has 0 N–H and O–H groups in total. The van der Waals surface area contributed by atoms with Crippen LogP contribution >= 0.6 is 0 Å². The highest BCUT2D eigenvalue weighted by molar-refractivity contribution is 5.21. The molecule has 0 bridgehead atoms. The van der Waals surface area contributed by atoms with E-state index in [-0.39, 0.29) is 6.10 Å². The number of benzene rings is 1. The Labute approximate surface area is 85.8 Å². The molecular formula is C12H18O2. The summed E-state index contributed by atoms with van der Waals surface area (Å²) in [6.07, 6.45) is 0.166. The van der Waals surface area contributed by atoms with Crippen LogP contribution in [0, 0.1) is 6.92 Å². The fraction of sp³-hybridized carbons (Fsp3) is 0.500. The smallest absolute Gasteiger partial charge is 0.0776 e. The molecule has 0 saturated carbocycles. The van der Waals surface area contributed by atoms with Crippen LogP contribution in [0.25, 0.3) is 0 Å². The van der Waals surface area contributed by atoms with E-state index in [1.165, 1.54) is 11.1 Å². The van der Waals surface area contributed by atoms with Gasteiger partial charge in [-0.2, -0.15) is 0 Å². The van der Waals surface area contributed by atoms with Crippen molar-refractivity contribution in [2.45, 2.75) is 26.6 Å². The molecule has 0 aromatic heterocycles. The molecule has 0 aliphatic heterocycles. The Morgan fingerprint density at radius 3 is 2.79 bits per heavy atom. The molecule has 2 nitrogen and oxygen atoms in total. The minimum atomic E-state index is 0.166. The Morgan fingerprint density at radius 1 is 1.36 bits per heavy atom. The van der Waals surface area contributed by atoms with Gasteiger partial charge in [0.1, 0.15) is 0 Å². The van der Waals surface area contributed by atoms with Gasteiger partial charge in [0, 0.05) is 7.11 Å². The first-order valence-electron chi connectivity index (χ1n) is 4.88. The van der Waals surface area contributed by atoms with Gasteiger partial charge in [0.2, 0.25) is 0 Å². The number of methoxy groups -OCH3 is 1. The molecule has 0 spiro atoms. The molecule has 0 saturated heterocycles. The lowest BCUT2D eigenvalue weighted by Crippen LogP contribution is -2.13. The summed E-state index contributed by atoms with van der Waals surface area (Å²) >= 11 is 0. The van der Waals surface area contributed by atoms with Crippen LogP contribution in [0.2, 0.25) is 0 Å². The molecule has 1 rings (SSSR count). The Kier molecular flexibility index (Phi) is 4.63. The summed E-state index contributed by atoms with van der Waals surface area (Å²) in [7, 11) is 1.70. The summed E-state index contributed by atoms with van der Waals surface area (Å²) in [5.74, 6) is 0. The Balaban J connectivity index is 2.31. The van der Waals surface area contributed by atoms with E-state index in [0.717, 1.165) is 0 Å². The lowest BCUT2D eigenvalue weighted by molar-refractivity contribution is 0.0117. The van der Waals surface area contributed by atoms with E-state index in [0.29, 0.717) is 13.2 Å². The average molecular weight is 194 g/mol. The average Bonchev–Trinajstić information content (AvgIpc) is 2.17. The minimum absolute atomic E-state index is 0.166. The van der Waals surface area contributed by atoms with Crippen LogP contribution in [-0.2, 0) is 16.1 Å². The number of hydrogen-bond acceptors (Lipinski definition) is 2. The Hall–Kier alpha value is -0.860. The molecule has 0 heterocycles. The van der Waals surface area contributed by atoms with E-state index in [4.69, 9.17) is 9.47 Å². The van der Waals surface area contributed by atoms with Crippen LogP contribution in [0.4, 0.5) is 0 Å². The van der Waals surface area contributed by atoms with E-state index in [1.807, 2.05) is 13.0 Å².